The molecule has 0 unspecified atom stereocenters. The molecule has 2 heterocycles. The van der Waals surface area contributed by atoms with Gasteiger partial charge in [0.2, 0.25) is 5.75 Å². The lowest BCUT2D eigenvalue weighted by Crippen LogP contribution is -2.48. The van der Waals surface area contributed by atoms with Crippen LogP contribution in [0.5, 0.6) is 28.7 Å². The molecule has 14 nitrogen and oxygen atoms in total. The van der Waals surface area contributed by atoms with Crippen LogP contribution in [-0.2, 0) is 9.59 Å². The van der Waals surface area contributed by atoms with Crippen molar-refractivity contribution in [1.29, 1.82) is 0 Å². The summed E-state index contributed by atoms with van der Waals surface area (Å²) in [6.07, 6.45) is 3.02. The second-order valence-corrected chi connectivity index (χ2v) is 10.4. The topological polar surface area (TPSA) is 151 Å². The molecule has 1 fully saturated rings. The summed E-state index contributed by atoms with van der Waals surface area (Å²) in [5.74, 6) is 0.759. The van der Waals surface area contributed by atoms with Crippen molar-refractivity contribution in [2.45, 2.75) is 13.8 Å². The Morgan fingerprint density at radius 1 is 1.00 bits per heavy atom. The molecule has 3 aromatic rings. The SMILES string of the molecule is CCOc1cc(-n2cnnn2)c(OCC)cc1NC(=O)C(=S)NN1C(=O)/C(=C\c2cc(OC)c(OC)c(OC)c2)SC1=S. The zero-order valence-corrected chi connectivity index (χ0v) is 26.1. The van der Waals surface area contributed by atoms with Crippen LogP contribution in [0.3, 0.4) is 0 Å². The van der Waals surface area contributed by atoms with Crippen molar-refractivity contribution >= 4 is 69.1 Å². The largest absolute Gasteiger partial charge is 0.493 e. The van der Waals surface area contributed by atoms with Crippen molar-refractivity contribution in [3.05, 3.63) is 41.1 Å². The molecule has 2 N–H and O–H groups in total. The molecule has 43 heavy (non-hydrogen) atoms. The van der Waals surface area contributed by atoms with Crippen LogP contribution in [0.15, 0.2) is 35.5 Å². The van der Waals surface area contributed by atoms with E-state index in [0.717, 1.165) is 16.8 Å². The minimum absolute atomic E-state index is 0.151. The molecule has 0 spiro atoms. The first-order valence-electron chi connectivity index (χ1n) is 12.6. The van der Waals surface area contributed by atoms with Crippen LogP contribution < -0.4 is 34.4 Å². The summed E-state index contributed by atoms with van der Waals surface area (Å²) in [5, 5.41) is 15.0. The van der Waals surface area contributed by atoms with Gasteiger partial charge in [-0.2, -0.15) is 9.69 Å². The highest BCUT2D eigenvalue weighted by Gasteiger charge is 2.34. The molecule has 1 aliphatic heterocycles. The third-order valence-electron chi connectivity index (χ3n) is 5.70. The second kappa shape index (κ2) is 14.1. The van der Waals surface area contributed by atoms with E-state index in [1.54, 1.807) is 37.3 Å². The maximum atomic E-state index is 13.2. The Morgan fingerprint density at radius 2 is 1.67 bits per heavy atom. The number of amides is 2. The van der Waals surface area contributed by atoms with E-state index in [9.17, 15) is 9.59 Å². The lowest BCUT2D eigenvalue weighted by Gasteiger charge is -2.19. The van der Waals surface area contributed by atoms with Gasteiger partial charge < -0.3 is 29.0 Å². The smallest absolute Gasteiger partial charge is 0.285 e. The number of hydrogen-bond donors (Lipinski definition) is 2. The molecule has 4 rings (SSSR count). The van der Waals surface area contributed by atoms with E-state index in [1.165, 1.54) is 32.3 Å². The van der Waals surface area contributed by atoms with Crippen molar-refractivity contribution in [1.82, 2.24) is 30.6 Å². The molecule has 0 atom stereocenters. The highest BCUT2D eigenvalue weighted by Crippen LogP contribution is 2.40. The number of ether oxygens (including phenoxy) is 5. The van der Waals surface area contributed by atoms with Crippen molar-refractivity contribution in [3.8, 4) is 34.4 Å². The second-order valence-electron chi connectivity index (χ2n) is 8.31. The Kier molecular flexibility index (Phi) is 10.3. The van der Waals surface area contributed by atoms with Gasteiger partial charge in [-0.3, -0.25) is 15.0 Å². The van der Waals surface area contributed by atoms with E-state index in [0.29, 0.717) is 53.2 Å². The molecule has 0 saturated carbocycles. The van der Waals surface area contributed by atoms with Gasteiger partial charge in [0.1, 0.15) is 23.5 Å². The van der Waals surface area contributed by atoms with Crippen molar-refractivity contribution < 1.29 is 33.3 Å². The van der Waals surface area contributed by atoms with Gasteiger partial charge in [0, 0.05) is 12.1 Å². The first kappa shape index (κ1) is 31.5. The maximum absolute atomic E-state index is 13.2. The summed E-state index contributed by atoms with van der Waals surface area (Å²) in [5.41, 5.74) is 4.02. The van der Waals surface area contributed by atoms with E-state index in [-0.39, 0.29) is 19.9 Å². The molecule has 2 amide bonds. The number of nitrogens with zero attached hydrogens (tertiary/aromatic N) is 5. The first-order chi connectivity index (χ1) is 20.7. The van der Waals surface area contributed by atoms with Crippen molar-refractivity contribution in [2.24, 2.45) is 0 Å². The highest BCUT2D eigenvalue weighted by atomic mass is 32.2. The van der Waals surface area contributed by atoms with Gasteiger partial charge in [-0.25, -0.2) is 0 Å². The van der Waals surface area contributed by atoms with E-state index in [4.69, 9.17) is 48.1 Å². The Hall–Kier alpha value is -4.48. The quantitative estimate of drug-likeness (QED) is 0.232. The third kappa shape index (κ3) is 6.95. The van der Waals surface area contributed by atoms with E-state index in [1.807, 2.05) is 6.92 Å². The van der Waals surface area contributed by atoms with Crippen LogP contribution in [0.25, 0.3) is 11.8 Å². The van der Waals surface area contributed by atoms with Gasteiger partial charge in [0.15, 0.2) is 20.8 Å². The number of carbonyl (C=O) groups is 2. The number of rotatable bonds is 11. The van der Waals surface area contributed by atoms with Crippen molar-refractivity contribution in [2.75, 3.05) is 39.9 Å². The first-order valence-corrected chi connectivity index (χ1v) is 14.2. The zero-order chi connectivity index (χ0) is 31.1. The minimum Gasteiger partial charge on any atom is -0.493 e. The van der Waals surface area contributed by atoms with Gasteiger partial charge in [0.25, 0.3) is 11.8 Å². The number of thioether (sulfide) groups is 1. The van der Waals surface area contributed by atoms with Gasteiger partial charge in [0.05, 0.1) is 45.1 Å². The summed E-state index contributed by atoms with van der Waals surface area (Å²) in [6.45, 7) is 4.26. The number of hydrazine groups is 1. The fourth-order valence-corrected chi connectivity index (χ4v) is 5.20. The Bertz CT molecular complexity index is 1560. The zero-order valence-electron chi connectivity index (χ0n) is 23.7. The number of carbonyl (C=O) groups excluding carboxylic acids is 2. The number of tetrazole rings is 1. The van der Waals surface area contributed by atoms with Crippen LogP contribution >= 0.6 is 36.2 Å². The van der Waals surface area contributed by atoms with Crippen LogP contribution in [0.2, 0.25) is 0 Å². The predicted octanol–water partition coefficient (Wildman–Crippen LogP) is 3.16. The highest BCUT2D eigenvalue weighted by molar-refractivity contribution is 8.26. The molecule has 0 bridgehead atoms. The van der Waals surface area contributed by atoms with Gasteiger partial charge in [-0.1, -0.05) is 24.0 Å². The molecular formula is C26H27N7O7S3. The van der Waals surface area contributed by atoms with E-state index in [2.05, 4.69) is 26.3 Å². The lowest BCUT2D eigenvalue weighted by atomic mass is 10.1. The van der Waals surface area contributed by atoms with Gasteiger partial charge in [-0.05, 0) is 60.3 Å². The average molecular weight is 646 g/mol. The van der Waals surface area contributed by atoms with Crippen LogP contribution in [0.1, 0.15) is 19.4 Å². The number of thiocarbonyl (C=S) groups is 2. The van der Waals surface area contributed by atoms with Gasteiger partial charge in [-0.15, -0.1) is 5.10 Å². The molecule has 1 aliphatic rings. The van der Waals surface area contributed by atoms with Crippen LogP contribution in [0, 0.1) is 0 Å². The van der Waals surface area contributed by atoms with Crippen molar-refractivity contribution in [3.63, 3.8) is 0 Å². The molecular weight excluding hydrogens is 619 g/mol. The van der Waals surface area contributed by atoms with Crippen LogP contribution in [-0.4, -0.2) is 80.9 Å². The number of nitrogens with one attached hydrogen (secondary N) is 2. The van der Waals surface area contributed by atoms with Gasteiger partial charge >= 0.3 is 0 Å². The standard InChI is InChI=1S/C26H27N7O7S3/c1-6-39-17-12-16(32-13-27-30-31-32)18(40-7-2)11-15(17)28-23(34)24(41)29-33-25(35)21(43-26(33)42)10-14-8-19(36-3)22(38-5)20(9-14)37-4/h8-13H,6-7H2,1-5H3,(H,28,34)(H,29,41)/b21-10+. The summed E-state index contributed by atoms with van der Waals surface area (Å²) < 4.78 is 29.2. The van der Waals surface area contributed by atoms with E-state index < -0.39 is 11.8 Å². The Morgan fingerprint density at radius 3 is 2.26 bits per heavy atom. The minimum atomic E-state index is -0.712. The molecule has 17 heteroatoms. The Balaban J connectivity index is 1.53. The third-order valence-corrected chi connectivity index (χ3v) is 7.28. The van der Waals surface area contributed by atoms with E-state index >= 15 is 0 Å². The molecule has 0 radical (unpaired) electrons. The summed E-state index contributed by atoms with van der Waals surface area (Å²) in [4.78, 5) is 26.3. The molecule has 1 saturated heterocycles. The molecule has 0 aliphatic carbocycles. The molecule has 1 aromatic heterocycles. The number of methoxy groups -OCH3 is 3. The lowest BCUT2D eigenvalue weighted by molar-refractivity contribution is -0.123. The number of anilines is 1. The number of benzene rings is 2. The van der Waals surface area contributed by atoms with Crippen LogP contribution in [0.4, 0.5) is 5.69 Å². The summed E-state index contributed by atoms with van der Waals surface area (Å²) >= 11 is 11.7. The summed E-state index contributed by atoms with van der Waals surface area (Å²) in [7, 11) is 4.49. The molecule has 226 valence electrons. The normalized spacial score (nSPS) is 13.6. The fourth-order valence-electron chi connectivity index (χ4n) is 3.88. The Labute approximate surface area is 261 Å². The molecule has 2 aromatic carbocycles. The predicted molar refractivity (Wildman–Crippen MR) is 167 cm³/mol. The average Bonchev–Trinajstić information content (AvgIpc) is 3.62. The summed E-state index contributed by atoms with van der Waals surface area (Å²) in [6, 6.07) is 6.59. The fraction of sp³-hybridized carbons (Fsp3) is 0.269. The number of hydrogen-bond acceptors (Lipinski definition) is 13. The monoisotopic (exact) mass is 645 g/mol. The maximum Gasteiger partial charge on any atom is 0.285 e. The number of aromatic nitrogens is 4.